The predicted molar refractivity (Wildman–Crippen MR) is 57.9 cm³/mol. The Labute approximate surface area is 89.2 Å². The van der Waals surface area contributed by atoms with Gasteiger partial charge in [0.1, 0.15) is 18.2 Å². The van der Waals surface area contributed by atoms with Crippen molar-refractivity contribution in [2.24, 2.45) is 5.73 Å². The number of ether oxygens (including phenoxy) is 1. The summed E-state index contributed by atoms with van der Waals surface area (Å²) in [6, 6.07) is 4.35. The maximum Gasteiger partial charge on any atom is 0.149 e. The molecular weight excluding hydrogens is 193 g/mol. The molecule has 2 N–H and O–H groups in total. The molecular formula is C12H14FNO. The highest BCUT2D eigenvalue weighted by Gasteiger charge is 2.07. The molecule has 0 radical (unpaired) electrons. The van der Waals surface area contributed by atoms with Crippen molar-refractivity contribution in [3.8, 4) is 17.6 Å². The molecule has 0 fully saturated rings. The zero-order chi connectivity index (χ0) is 11.3. The average molecular weight is 207 g/mol. The molecule has 3 heteroatoms. The maximum atomic E-state index is 13.4. The molecule has 0 heterocycles. The molecule has 1 aromatic carbocycles. The molecule has 1 rings (SSSR count). The van der Waals surface area contributed by atoms with E-state index in [-0.39, 0.29) is 18.5 Å². The number of benzene rings is 1. The van der Waals surface area contributed by atoms with Gasteiger partial charge in [-0.05, 0) is 19.9 Å². The smallest absolute Gasteiger partial charge is 0.149 e. The number of halogens is 1. The first-order valence-corrected chi connectivity index (χ1v) is 4.72. The van der Waals surface area contributed by atoms with E-state index in [1.165, 1.54) is 6.07 Å². The van der Waals surface area contributed by atoms with E-state index < -0.39 is 0 Å². The third-order valence-electron chi connectivity index (χ3n) is 1.95. The van der Waals surface area contributed by atoms with Gasteiger partial charge in [-0.1, -0.05) is 12.0 Å². The van der Waals surface area contributed by atoms with E-state index in [1.807, 2.05) is 0 Å². The zero-order valence-electron chi connectivity index (χ0n) is 8.88. The summed E-state index contributed by atoms with van der Waals surface area (Å²) in [6.07, 6.45) is 0. The van der Waals surface area contributed by atoms with Crippen LogP contribution < -0.4 is 10.5 Å². The van der Waals surface area contributed by atoms with Crippen LogP contribution in [-0.4, -0.2) is 6.61 Å². The molecule has 0 aliphatic carbocycles. The number of hydrogen-bond donors (Lipinski definition) is 1. The second-order valence-corrected chi connectivity index (χ2v) is 3.19. The molecule has 0 saturated heterocycles. The van der Waals surface area contributed by atoms with E-state index in [0.717, 1.165) is 0 Å². The Morgan fingerprint density at radius 3 is 2.80 bits per heavy atom. The largest absolute Gasteiger partial charge is 0.481 e. The fourth-order valence-electron chi connectivity index (χ4n) is 1.16. The van der Waals surface area contributed by atoms with Crippen LogP contribution in [0.5, 0.6) is 5.75 Å². The van der Waals surface area contributed by atoms with E-state index in [2.05, 4.69) is 11.8 Å². The lowest BCUT2D eigenvalue weighted by molar-refractivity contribution is 0.367. The minimum Gasteiger partial charge on any atom is -0.481 e. The summed E-state index contributed by atoms with van der Waals surface area (Å²) in [5.41, 5.74) is 6.07. The first-order valence-electron chi connectivity index (χ1n) is 4.72. The molecule has 0 aliphatic heterocycles. The van der Waals surface area contributed by atoms with Gasteiger partial charge in [-0.2, -0.15) is 0 Å². The van der Waals surface area contributed by atoms with Gasteiger partial charge < -0.3 is 10.5 Å². The van der Waals surface area contributed by atoms with Crippen molar-refractivity contribution in [1.82, 2.24) is 0 Å². The van der Waals surface area contributed by atoms with Gasteiger partial charge in [0.15, 0.2) is 0 Å². The van der Waals surface area contributed by atoms with Gasteiger partial charge >= 0.3 is 0 Å². The molecule has 0 aliphatic rings. The van der Waals surface area contributed by atoms with Crippen LogP contribution >= 0.6 is 0 Å². The summed E-state index contributed by atoms with van der Waals surface area (Å²) in [5, 5.41) is 0. The Morgan fingerprint density at radius 1 is 1.53 bits per heavy atom. The number of nitrogens with two attached hydrogens (primary N) is 1. The van der Waals surface area contributed by atoms with Crippen LogP contribution in [-0.2, 0) is 0 Å². The normalized spacial score (nSPS) is 11.5. The number of rotatable bonds is 3. The summed E-state index contributed by atoms with van der Waals surface area (Å²) in [6.45, 7) is 3.73. The topological polar surface area (TPSA) is 35.2 Å². The Hall–Kier alpha value is -1.53. The maximum absolute atomic E-state index is 13.4. The molecule has 0 bridgehead atoms. The summed E-state index contributed by atoms with van der Waals surface area (Å²) >= 11 is 0. The van der Waals surface area contributed by atoms with Crippen molar-refractivity contribution < 1.29 is 9.13 Å². The molecule has 0 spiro atoms. The summed E-state index contributed by atoms with van der Waals surface area (Å²) < 4.78 is 18.6. The first kappa shape index (κ1) is 11.5. The van der Waals surface area contributed by atoms with Crippen LogP contribution in [0.2, 0.25) is 0 Å². The number of hydrogen-bond acceptors (Lipinski definition) is 2. The second-order valence-electron chi connectivity index (χ2n) is 3.19. The van der Waals surface area contributed by atoms with E-state index in [1.54, 1.807) is 26.0 Å². The van der Waals surface area contributed by atoms with Gasteiger partial charge in [0.25, 0.3) is 0 Å². The fourth-order valence-corrected chi connectivity index (χ4v) is 1.16. The third kappa shape index (κ3) is 3.26. The van der Waals surface area contributed by atoms with E-state index in [4.69, 9.17) is 10.5 Å². The lowest BCUT2D eigenvalue weighted by Gasteiger charge is -2.08. The van der Waals surface area contributed by atoms with Gasteiger partial charge in [0, 0.05) is 17.7 Å². The van der Waals surface area contributed by atoms with Crippen LogP contribution in [0.3, 0.4) is 0 Å². The van der Waals surface area contributed by atoms with Gasteiger partial charge in [-0.3, -0.25) is 0 Å². The minimum absolute atomic E-state index is 0.271. The Kier molecular flexibility index (Phi) is 4.14. The molecule has 0 amide bonds. The lowest BCUT2D eigenvalue weighted by atomic mass is 10.1. The van der Waals surface area contributed by atoms with Gasteiger partial charge in [-0.15, -0.1) is 5.92 Å². The second kappa shape index (κ2) is 5.38. The quantitative estimate of drug-likeness (QED) is 0.771. The van der Waals surface area contributed by atoms with E-state index in [9.17, 15) is 4.39 Å². The SMILES string of the molecule is CC#CCOc1ccc([C@@H](C)N)c(F)c1. The minimum atomic E-state index is -0.341. The van der Waals surface area contributed by atoms with Gasteiger partial charge in [0.05, 0.1) is 0 Å². The van der Waals surface area contributed by atoms with Crippen molar-refractivity contribution >= 4 is 0 Å². The molecule has 2 nitrogen and oxygen atoms in total. The molecule has 15 heavy (non-hydrogen) atoms. The molecule has 0 saturated carbocycles. The Morgan fingerprint density at radius 2 is 2.27 bits per heavy atom. The zero-order valence-corrected chi connectivity index (χ0v) is 8.88. The average Bonchev–Trinajstić information content (AvgIpc) is 2.17. The van der Waals surface area contributed by atoms with Gasteiger partial charge in [0.2, 0.25) is 0 Å². The highest BCUT2D eigenvalue weighted by molar-refractivity contribution is 5.30. The van der Waals surface area contributed by atoms with Crippen molar-refractivity contribution in [1.29, 1.82) is 0 Å². The van der Waals surface area contributed by atoms with Crippen molar-refractivity contribution in [2.45, 2.75) is 19.9 Å². The van der Waals surface area contributed by atoms with Crippen molar-refractivity contribution in [3.05, 3.63) is 29.6 Å². The molecule has 0 unspecified atom stereocenters. The fraction of sp³-hybridized carbons (Fsp3) is 0.333. The molecule has 0 aromatic heterocycles. The Balaban J connectivity index is 2.76. The van der Waals surface area contributed by atoms with Crippen molar-refractivity contribution in [2.75, 3.05) is 6.61 Å². The highest BCUT2D eigenvalue weighted by Crippen LogP contribution is 2.20. The van der Waals surface area contributed by atoms with Crippen molar-refractivity contribution in [3.63, 3.8) is 0 Å². The first-order chi connectivity index (χ1) is 7.15. The van der Waals surface area contributed by atoms with Crippen LogP contribution in [0.15, 0.2) is 18.2 Å². The summed E-state index contributed by atoms with van der Waals surface area (Å²) in [5.74, 6) is 5.56. The molecule has 1 atom stereocenters. The van der Waals surface area contributed by atoms with E-state index in [0.29, 0.717) is 11.3 Å². The van der Waals surface area contributed by atoms with Crippen LogP contribution in [0, 0.1) is 17.7 Å². The lowest BCUT2D eigenvalue weighted by Crippen LogP contribution is -2.07. The van der Waals surface area contributed by atoms with Gasteiger partial charge in [-0.25, -0.2) is 4.39 Å². The molecule has 1 aromatic rings. The standard InChI is InChI=1S/C12H14FNO/c1-3-4-7-15-10-5-6-11(9(2)14)12(13)8-10/h5-6,8-9H,7,14H2,1-2H3/t9-/m1/s1. The molecule has 80 valence electrons. The summed E-state index contributed by atoms with van der Waals surface area (Å²) in [4.78, 5) is 0. The van der Waals surface area contributed by atoms with Crippen LogP contribution in [0.25, 0.3) is 0 Å². The third-order valence-corrected chi connectivity index (χ3v) is 1.95. The highest BCUT2D eigenvalue weighted by atomic mass is 19.1. The Bertz CT molecular complexity index is 390. The van der Waals surface area contributed by atoms with E-state index >= 15 is 0 Å². The van der Waals surface area contributed by atoms with Crippen LogP contribution in [0.4, 0.5) is 4.39 Å². The monoisotopic (exact) mass is 207 g/mol. The summed E-state index contributed by atoms with van der Waals surface area (Å²) in [7, 11) is 0. The predicted octanol–water partition coefficient (Wildman–Crippen LogP) is 2.25. The van der Waals surface area contributed by atoms with Crippen LogP contribution in [0.1, 0.15) is 25.5 Å².